The third-order valence-corrected chi connectivity index (χ3v) is 2.60. The van der Waals surface area contributed by atoms with E-state index in [0.29, 0.717) is 6.54 Å². The number of rotatable bonds is 2. The van der Waals surface area contributed by atoms with Gasteiger partial charge in [0.2, 0.25) is 11.8 Å². The first-order valence-corrected chi connectivity index (χ1v) is 4.63. The molecule has 2 amide bonds. The number of hydrogen-bond acceptors (Lipinski definition) is 2. The molecule has 4 nitrogen and oxygen atoms in total. The Morgan fingerprint density at radius 3 is 2.62 bits per heavy atom. The standard InChI is InChI=1S/C9H13N2O2/c10-8(12)7-2-1-5-11(7)9(13)6-3-4-6/h2,6-7H,1,3-5H2,(H2,10,12)/t7-/m0/s1. The van der Waals surface area contributed by atoms with Gasteiger partial charge in [-0.2, -0.15) is 0 Å². The van der Waals surface area contributed by atoms with E-state index in [4.69, 9.17) is 5.73 Å². The van der Waals surface area contributed by atoms with Crippen LogP contribution in [0.1, 0.15) is 19.3 Å². The molecule has 2 fully saturated rings. The van der Waals surface area contributed by atoms with Crippen molar-refractivity contribution in [3.8, 4) is 0 Å². The highest BCUT2D eigenvalue weighted by Crippen LogP contribution is 2.33. The van der Waals surface area contributed by atoms with E-state index in [9.17, 15) is 9.59 Å². The van der Waals surface area contributed by atoms with Crippen LogP contribution in [0.15, 0.2) is 0 Å². The predicted octanol–water partition coefficient (Wildman–Crippen LogP) is -0.313. The van der Waals surface area contributed by atoms with Crippen molar-refractivity contribution in [1.29, 1.82) is 0 Å². The Hall–Kier alpha value is -1.06. The first-order chi connectivity index (χ1) is 6.20. The Bertz CT molecular complexity index is 248. The van der Waals surface area contributed by atoms with Crippen molar-refractivity contribution in [1.82, 2.24) is 4.90 Å². The molecule has 4 heteroatoms. The summed E-state index contributed by atoms with van der Waals surface area (Å²) in [5.41, 5.74) is 5.18. The minimum atomic E-state index is -0.451. The summed E-state index contributed by atoms with van der Waals surface area (Å²) in [6.45, 7) is 0.656. The number of likely N-dealkylation sites (tertiary alicyclic amines) is 1. The van der Waals surface area contributed by atoms with E-state index in [1.54, 1.807) is 4.90 Å². The van der Waals surface area contributed by atoms with Crippen molar-refractivity contribution in [2.45, 2.75) is 25.3 Å². The van der Waals surface area contributed by atoms with E-state index in [1.807, 2.05) is 6.42 Å². The fourth-order valence-electron chi connectivity index (χ4n) is 1.72. The van der Waals surface area contributed by atoms with Crippen LogP contribution in [0.3, 0.4) is 0 Å². The molecule has 1 heterocycles. The molecule has 0 bridgehead atoms. The summed E-state index contributed by atoms with van der Waals surface area (Å²) in [4.78, 5) is 24.2. The van der Waals surface area contributed by atoms with Crippen molar-refractivity contribution >= 4 is 11.8 Å². The Kier molecular flexibility index (Phi) is 1.98. The lowest BCUT2D eigenvalue weighted by Gasteiger charge is -2.21. The Labute approximate surface area is 77.1 Å². The van der Waals surface area contributed by atoms with E-state index >= 15 is 0 Å². The van der Waals surface area contributed by atoms with Gasteiger partial charge in [-0.15, -0.1) is 0 Å². The Balaban J connectivity index is 2.03. The van der Waals surface area contributed by atoms with Gasteiger partial charge >= 0.3 is 0 Å². The molecule has 2 rings (SSSR count). The number of carbonyl (C=O) groups excluding carboxylic acids is 2. The van der Waals surface area contributed by atoms with Crippen molar-refractivity contribution in [2.24, 2.45) is 11.7 Å². The van der Waals surface area contributed by atoms with Gasteiger partial charge < -0.3 is 10.6 Å². The maximum Gasteiger partial charge on any atom is 0.240 e. The molecule has 1 aliphatic carbocycles. The first-order valence-electron chi connectivity index (χ1n) is 4.63. The van der Waals surface area contributed by atoms with E-state index in [-0.39, 0.29) is 11.8 Å². The fourth-order valence-corrected chi connectivity index (χ4v) is 1.72. The van der Waals surface area contributed by atoms with Crippen LogP contribution in [0.2, 0.25) is 0 Å². The normalized spacial score (nSPS) is 27.7. The molecule has 1 radical (unpaired) electrons. The lowest BCUT2D eigenvalue weighted by atomic mass is 10.2. The number of nitrogens with two attached hydrogens (primary N) is 1. The highest BCUT2D eigenvalue weighted by molar-refractivity contribution is 5.90. The molecule has 0 unspecified atom stereocenters. The Morgan fingerprint density at radius 2 is 2.08 bits per heavy atom. The predicted molar refractivity (Wildman–Crippen MR) is 46.3 cm³/mol. The quantitative estimate of drug-likeness (QED) is 0.635. The highest BCUT2D eigenvalue weighted by Gasteiger charge is 2.40. The number of primary amides is 1. The van der Waals surface area contributed by atoms with Crippen LogP contribution < -0.4 is 5.73 Å². The molecular weight excluding hydrogens is 168 g/mol. The second-order valence-electron chi connectivity index (χ2n) is 3.68. The fraction of sp³-hybridized carbons (Fsp3) is 0.667. The van der Waals surface area contributed by atoms with Crippen LogP contribution in [0.5, 0.6) is 0 Å². The van der Waals surface area contributed by atoms with Gasteiger partial charge in [0, 0.05) is 12.5 Å². The lowest BCUT2D eigenvalue weighted by molar-refractivity contribution is -0.137. The topological polar surface area (TPSA) is 63.4 Å². The molecule has 1 aliphatic heterocycles. The van der Waals surface area contributed by atoms with Gasteiger partial charge in [0.1, 0.15) is 6.04 Å². The molecule has 1 saturated carbocycles. The number of carbonyl (C=O) groups is 2. The summed E-state index contributed by atoms with van der Waals surface area (Å²) in [5.74, 6) is -0.127. The van der Waals surface area contributed by atoms with E-state index in [1.165, 1.54) is 0 Å². The van der Waals surface area contributed by atoms with Gasteiger partial charge in [0.05, 0.1) is 0 Å². The first kappa shape index (κ1) is 8.53. The molecule has 1 saturated heterocycles. The molecule has 2 aliphatic rings. The maximum absolute atomic E-state index is 11.6. The smallest absolute Gasteiger partial charge is 0.240 e. The summed E-state index contributed by atoms with van der Waals surface area (Å²) in [6, 6.07) is -0.451. The summed E-state index contributed by atoms with van der Waals surface area (Å²) < 4.78 is 0. The molecule has 0 aromatic heterocycles. The molecule has 0 spiro atoms. The number of hydrogen-bond donors (Lipinski definition) is 1. The third-order valence-electron chi connectivity index (χ3n) is 2.60. The van der Waals surface area contributed by atoms with E-state index in [0.717, 1.165) is 19.3 Å². The zero-order valence-electron chi connectivity index (χ0n) is 7.40. The Morgan fingerprint density at radius 1 is 1.38 bits per heavy atom. The van der Waals surface area contributed by atoms with Gasteiger partial charge in [-0.3, -0.25) is 9.59 Å². The van der Waals surface area contributed by atoms with Gasteiger partial charge in [-0.1, -0.05) is 0 Å². The maximum atomic E-state index is 11.6. The van der Waals surface area contributed by atoms with Crippen LogP contribution in [-0.4, -0.2) is 29.3 Å². The van der Waals surface area contributed by atoms with Crippen molar-refractivity contribution < 1.29 is 9.59 Å². The second kappa shape index (κ2) is 3.01. The van der Waals surface area contributed by atoms with Crippen LogP contribution in [-0.2, 0) is 9.59 Å². The summed E-state index contributed by atoms with van der Waals surface area (Å²) in [5, 5.41) is 0. The number of amides is 2. The third kappa shape index (κ3) is 1.53. The molecule has 1 atom stereocenters. The highest BCUT2D eigenvalue weighted by atomic mass is 16.2. The van der Waals surface area contributed by atoms with Crippen LogP contribution in [0.4, 0.5) is 0 Å². The molecule has 0 aromatic rings. The van der Waals surface area contributed by atoms with E-state index in [2.05, 4.69) is 0 Å². The van der Waals surface area contributed by atoms with Crippen molar-refractivity contribution in [2.75, 3.05) is 6.54 Å². The zero-order chi connectivity index (χ0) is 9.42. The lowest BCUT2D eigenvalue weighted by Crippen LogP contribution is -2.44. The molecule has 0 aromatic carbocycles. The molecule has 71 valence electrons. The summed E-state index contributed by atoms with van der Waals surface area (Å²) >= 11 is 0. The second-order valence-corrected chi connectivity index (χ2v) is 3.68. The van der Waals surface area contributed by atoms with Crippen molar-refractivity contribution in [3.05, 3.63) is 6.42 Å². The number of nitrogens with zero attached hydrogens (tertiary/aromatic N) is 1. The van der Waals surface area contributed by atoms with Crippen molar-refractivity contribution in [3.63, 3.8) is 0 Å². The zero-order valence-corrected chi connectivity index (χ0v) is 7.40. The SMILES string of the molecule is NC(=O)[C@@H]1[CH]CCN1C(=O)C1CC1. The van der Waals surface area contributed by atoms with Gasteiger partial charge in [0.15, 0.2) is 0 Å². The van der Waals surface area contributed by atoms with E-state index < -0.39 is 11.9 Å². The minimum absolute atomic E-state index is 0.109. The van der Waals surface area contributed by atoms with Crippen LogP contribution >= 0.6 is 0 Å². The van der Waals surface area contributed by atoms with Gasteiger partial charge in [0.25, 0.3) is 0 Å². The van der Waals surface area contributed by atoms with Gasteiger partial charge in [-0.25, -0.2) is 0 Å². The monoisotopic (exact) mass is 181 g/mol. The minimum Gasteiger partial charge on any atom is -0.368 e. The molecular formula is C9H13N2O2. The average molecular weight is 181 g/mol. The summed E-state index contributed by atoms with van der Waals surface area (Å²) in [6.07, 6.45) is 4.55. The largest absolute Gasteiger partial charge is 0.368 e. The van der Waals surface area contributed by atoms with Crippen LogP contribution in [0.25, 0.3) is 0 Å². The van der Waals surface area contributed by atoms with Gasteiger partial charge in [-0.05, 0) is 25.7 Å². The molecule has 2 N–H and O–H groups in total. The average Bonchev–Trinajstić information content (AvgIpc) is 2.80. The van der Waals surface area contributed by atoms with Crippen LogP contribution in [0, 0.1) is 12.3 Å². The molecule has 13 heavy (non-hydrogen) atoms. The summed E-state index contributed by atoms with van der Waals surface area (Å²) in [7, 11) is 0.